The first-order valence-electron chi connectivity index (χ1n) is 11.2. The Morgan fingerprint density at radius 3 is 2.43 bits per heavy atom. The fraction of sp³-hybridized carbons (Fsp3) is 0.269. The zero-order valence-electron chi connectivity index (χ0n) is 20.8. The topological polar surface area (TPSA) is 88.4 Å². The van der Waals surface area contributed by atoms with E-state index in [2.05, 4.69) is 20.9 Å². The average molecular weight is 608 g/mol. The maximum atomic E-state index is 13.8. The smallest absolute Gasteiger partial charge is 0.338 e. The lowest BCUT2D eigenvalue weighted by molar-refractivity contribution is -0.139. The van der Waals surface area contributed by atoms with Crippen LogP contribution in [-0.4, -0.2) is 38.5 Å². The van der Waals surface area contributed by atoms with Gasteiger partial charge in [0.25, 0.3) is 5.56 Å². The lowest BCUT2D eigenvalue weighted by Gasteiger charge is -2.26. The minimum Gasteiger partial charge on any atom is -0.495 e. The Hall–Kier alpha value is -3.08. The summed E-state index contributed by atoms with van der Waals surface area (Å²) in [5, 5.41) is 0.427. The second-order valence-electron chi connectivity index (χ2n) is 7.92. The molecule has 0 aliphatic carbocycles. The summed E-state index contributed by atoms with van der Waals surface area (Å²) in [5.41, 5.74) is 1.76. The first-order chi connectivity index (χ1) is 17.7. The normalized spacial score (nSPS) is 15.2. The third kappa shape index (κ3) is 5.05. The molecular formula is C26H24BrClN2O6S. The molecule has 0 saturated heterocycles. The van der Waals surface area contributed by atoms with Crippen molar-refractivity contribution in [3.8, 4) is 17.2 Å². The van der Waals surface area contributed by atoms with E-state index in [1.807, 2.05) is 0 Å². The monoisotopic (exact) mass is 606 g/mol. The molecule has 37 heavy (non-hydrogen) atoms. The van der Waals surface area contributed by atoms with Crippen molar-refractivity contribution < 1.29 is 23.7 Å². The van der Waals surface area contributed by atoms with Gasteiger partial charge < -0.3 is 18.9 Å². The second kappa shape index (κ2) is 11.1. The SMILES string of the molecule is CCOC(=O)C1=C(C)N=c2s/c(=C/c3ccc(OC)c(Cl)c3)c(=O)n2[C@@H]1c1cc(OC)c(OC)cc1Br. The lowest BCUT2D eigenvalue weighted by Crippen LogP contribution is -2.40. The summed E-state index contributed by atoms with van der Waals surface area (Å²) in [6, 6.07) is 7.92. The van der Waals surface area contributed by atoms with Gasteiger partial charge in [-0.15, -0.1) is 0 Å². The molecule has 0 bridgehead atoms. The second-order valence-corrected chi connectivity index (χ2v) is 10.2. The van der Waals surface area contributed by atoms with Gasteiger partial charge in [0.05, 0.1) is 54.8 Å². The van der Waals surface area contributed by atoms with Crippen molar-refractivity contribution in [2.45, 2.75) is 19.9 Å². The summed E-state index contributed by atoms with van der Waals surface area (Å²) in [4.78, 5) is 32.0. The number of thiazole rings is 1. The zero-order valence-corrected chi connectivity index (χ0v) is 23.9. The van der Waals surface area contributed by atoms with Crippen LogP contribution in [0.4, 0.5) is 0 Å². The van der Waals surface area contributed by atoms with Crippen LogP contribution in [0.15, 0.2) is 55.9 Å². The van der Waals surface area contributed by atoms with Gasteiger partial charge in [0.15, 0.2) is 16.3 Å². The molecule has 1 atom stereocenters. The molecule has 2 heterocycles. The van der Waals surface area contributed by atoms with Crippen molar-refractivity contribution in [2.24, 2.45) is 4.99 Å². The number of halogens is 2. The molecule has 1 aromatic heterocycles. The predicted octanol–water partition coefficient (Wildman–Crippen LogP) is 4.24. The highest BCUT2D eigenvalue weighted by Crippen LogP contribution is 2.40. The molecule has 0 N–H and O–H groups in total. The number of ether oxygens (including phenoxy) is 4. The van der Waals surface area contributed by atoms with E-state index in [0.29, 0.717) is 47.3 Å². The molecule has 194 valence electrons. The Morgan fingerprint density at radius 1 is 1.14 bits per heavy atom. The van der Waals surface area contributed by atoms with E-state index in [0.717, 1.165) is 5.56 Å². The number of methoxy groups -OCH3 is 3. The number of fused-ring (bicyclic) bond motifs is 1. The first kappa shape index (κ1) is 27.0. The number of aromatic nitrogens is 1. The summed E-state index contributed by atoms with van der Waals surface area (Å²) in [5.74, 6) is 0.939. The molecule has 0 unspecified atom stereocenters. The van der Waals surface area contributed by atoms with Gasteiger partial charge in [-0.3, -0.25) is 9.36 Å². The van der Waals surface area contributed by atoms with Gasteiger partial charge in [-0.25, -0.2) is 9.79 Å². The van der Waals surface area contributed by atoms with Crippen LogP contribution >= 0.6 is 38.9 Å². The number of allylic oxidation sites excluding steroid dienone is 1. The minimum absolute atomic E-state index is 0.179. The Balaban J connectivity index is 1.99. The maximum absolute atomic E-state index is 13.8. The quantitative estimate of drug-likeness (QED) is 0.374. The lowest BCUT2D eigenvalue weighted by atomic mass is 9.95. The van der Waals surface area contributed by atoms with Crippen LogP contribution in [0, 0.1) is 0 Å². The van der Waals surface area contributed by atoms with Crippen LogP contribution < -0.4 is 29.1 Å². The number of hydrogen-bond donors (Lipinski definition) is 0. The van der Waals surface area contributed by atoms with Crippen molar-refractivity contribution in [1.82, 2.24) is 4.57 Å². The van der Waals surface area contributed by atoms with Gasteiger partial charge in [-0.05, 0) is 55.3 Å². The minimum atomic E-state index is -0.814. The largest absolute Gasteiger partial charge is 0.495 e. The van der Waals surface area contributed by atoms with Crippen LogP contribution in [0.1, 0.15) is 31.0 Å². The van der Waals surface area contributed by atoms with E-state index in [1.165, 1.54) is 37.2 Å². The molecule has 0 amide bonds. The molecule has 11 heteroatoms. The molecule has 4 rings (SSSR count). The molecular weight excluding hydrogens is 584 g/mol. The summed E-state index contributed by atoms with van der Waals surface area (Å²) in [7, 11) is 4.59. The van der Waals surface area contributed by atoms with Gasteiger partial charge in [0.2, 0.25) is 0 Å². The van der Waals surface area contributed by atoms with E-state index in [9.17, 15) is 9.59 Å². The van der Waals surface area contributed by atoms with Crippen LogP contribution in [0.25, 0.3) is 6.08 Å². The maximum Gasteiger partial charge on any atom is 0.338 e. The standard InChI is InChI=1S/C26H24BrClN2O6S/c1-6-36-25(32)22-13(2)29-26-30(23(22)15-11-19(34-4)20(35-5)12-16(15)27)24(31)21(37-26)10-14-7-8-18(33-3)17(28)9-14/h7-12,23H,6H2,1-5H3/b21-10+/t23-/m1/s1. The fourth-order valence-electron chi connectivity index (χ4n) is 4.09. The van der Waals surface area contributed by atoms with Crippen LogP contribution in [-0.2, 0) is 9.53 Å². The summed E-state index contributed by atoms with van der Waals surface area (Å²) in [6.45, 7) is 3.64. The third-order valence-electron chi connectivity index (χ3n) is 5.79. The summed E-state index contributed by atoms with van der Waals surface area (Å²) in [6.07, 6.45) is 1.74. The highest BCUT2D eigenvalue weighted by molar-refractivity contribution is 9.10. The number of nitrogens with zero attached hydrogens (tertiary/aromatic N) is 2. The van der Waals surface area contributed by atoms with Crippen molar-refractivity contribution in [3.05, 3.63) is 81.9 Å². The van der Waals surface area contributed by atoms with E-state index in [-0.39, 0.29) is 17.7 Å². The molecule has 0 radical (unpaired) electrons. The number of rotatable bonds is 7. The molecule has 0 spiro atoms. The molecule has 8 nitrogen and oxygen atoms in total. The Morgan fingerprint density at radius 2 is 1.81 bits per heavy atom. The van der Waals surface area contributed by atoms with Gasteiger partial charge in [-0.1, -0.05) is 44.9 Å². The Bertz CT molecular complexity index is 1590. The number of benzene rings is 2. The fourth-order valence-corrected chi connectivity index (χ4v) is 5.94. The van der Waals surface area contributed by atoms with Crippen LogP contribution in [0.5, 0.6) is 17.2 Å². The van der Waals surface area contributed by atoms with Crippen LogP contribution in [0.3, 0.4) is 0 Å². The van der Waals surface area contributed by atoms with E-state index < -0.39 is 12.0 Å². The highest BCUT2D eigenvalue weighted by atomic mass is 79.9. The Kier molecular flexibility index (Phi) is 8.11. The van der Waals surface area contributed by atoms with Gasteiger partial charge in [0.1, 0.15) is 5.75 Å². The van der Waals surface area contributed by atoms with Crippen molar-refractivity contribution >= 4 is 50.9 Å². The summed E-state index contributed by atoms with van der Waals surface area (Å²) < 4.78 is 24.1. The number of carbonyl (C=O) groups excluding carboxylic acids is 1. The molecule has 1 aliphatic heterocycles. The number of hydrogen-bond acceptors (Lipinski definition) is 8. The molecule has 0 fully saturated rings. The summed E-state index contributed by atoms with van der Waals surface area (Å²) >= 11 is 11.1. The number of esters is 1. The zero-order chi connectivity index (χ0) is 26.9. The molecule has 0 saturated carbocycles. The number of carbonyl (C=O) groups is 1. The van der Waals surface area contributed by atoms with Gasteiger partial charge in [0, 0.05) is 4.47 Å². The van der Waals surface area contributed by atoms with Crippen molar-refractivity contribution in [1.29, 1.82) is 0 Å². The van der Waals surface area contributed by atoms with Gasteiger partial charge in [-0.2, -0.15) is 0 Å². The van der Waals surface area contributed by atoms with Crippen LogP contribution in [0.2, 0.25) is 5.02 Å². The molecule has 1 aliphatic rings. The van der Waals surface area contributed by atoms with E-state index in [1.54, 1.807) is 50.3 Å². The first-order valence-corrected chi connectivity index (χ1v) is 13.2. The Labute approximate surface area is 230 Å². The van der Waals surface area contributed by atoms with Gasteiger partial charge >= 0.3 is 5.97 Å². The molecule has 3 aromatic rings. The highest BCUT2D eigenvalue weighted by Gasteiger charge is 2.35. The van der Waals surface area contributed by atoms with E-state index >= 15 is 0 Å². The van der Waals surface area contributed by atoms with Crippen molar-refractivity contribution in [3.63, 3.8) is 0 Å². The van der Waals surface area contributed by atoms with E-state index in [4.69, 9.17) is 30.5 Å². The predicted molar refractivity (Wildman–Crippen MR) is 146 cm³/mol. The average Bonchev–Trinajstić information content (AvgIpc) is 3.17. The molecule has 2 aromatic carbocycles. The third-order valence-corrected chi connectivity index (χ3v) is 7.75. The van der Waals surface area contributed by atoms with Crippen molar-refractivity contribution in [2.75, 3.05) is 27.9 Å².